The molecule has 2 aromatic rings. The Labute approximate surface area is 102 Å². The number of hydrogen-bond acceptors (Lipinski definition) is 4. The van der Waals surface area contributed by atoms with Crippen molar-refractivity contribution in [2.45, 2.75) is 12.3 Å². The molecule has 1 saturated heterocycles. The lowest BCUT2D eigenvalue weighted by Gasteiger charge is -1.99. The zero-order valence-electron chi connectivity index (χ0n) is 9.05. The van der Waals surface area contributed by atoms with Gasteiger partial charge in [0.2, 0.25) is 0 Å². The fourth-order valence-corrected chi connectivity index (χ4v) is 3.25. The van der Waals surface area contributed by atoms with Crippen LogP contribution in [0.15, 0.2) is 22.6 Å². The van der Waals surface area contributed by atoms with E-state index in [2.05, 4.69) is 4.98 Å². The van der Waals surface area contributed by atoms with Crippen LogP contribution in [0.3, 0.4) is 0 Å². The number of fused-ring (bicyclic) bond motifs is 1. The zero-order chi connectivity index (χ0) is 11.8. The molecule has 1 unspecified atom stereocenters. The highest BCUT2D eigenvalue weighted by Crippen LogP contribution is 2.33. The van der Waals surface area contributed by atoms with Crippen molar-refractivity contribution in [1.82, 2.24) is 4.98 Å². The molecule has 0 spiro atoms. The molecule has 1 aliphatic rings. The number of carbonyl (C=O) groups is 1. The second kappa shape index (κ2) is 4.07. The van der Waals surface area contributed by atoms with Gasteiger partial charge < -0.3 is 9.52 Å². The number of benzene rings is 1. The summed E-state index contributed by atoms with van der Waals surface area (Å²) >= 11 is 1.88. The van der Waals surface area contributed by atoms with Gasteiger partial charge in [-0.3, -0.25) is 0 Å². The number of carboxylic acid groups (broad SMARTS) is 1. The molecule has 0 saturated carbocycles. The highest BCUT2D eigenvalue weighted by Gasteiger charge is 2.24. The van der Waals surface area contributed by atoms with Crippen molar-refractivity contribution in [3.05, 3.63) is 29.7 Å². The van der Waals surface area contributed by atoms with Crippen molar-refractivity contribution in [2.24, 2.45) is 0 Å². The third-order valence-electron chi connectivity index (χ3n) is 2.94. The Bertz CT molecular complexity index is 572. The van der Waals surface area contributed by atoms with Crippen LogP contribution in [0.4, 0.5) is 0 Å². The van der Waals surface area contributed by atoms with E-state index < -0.39 is 5.97 Å². The predicted octanol–water partition coefficient (Wildman–Crippen LogP) is 2.75. The Hall–Kier alpha value is -1.49. The number of thioether (sulfide) groups is 1. The van der Waals surface area contributed by atoms with Gasteiger partial charge in [-0.15, -0.1) is 0 Å². The molecule has 0 radical (unpaired) electrons. The fourth-order valence-electron chi connectivity index (χ4n) is 2.04. The second-order valence-corrected chi connectivity index (χ2v) is 5.22. The van der Waals surface area contributed by atoms with Gasteiger partial charge in [0.05, 0.1) is 5.56 Å². The molecule has 1 aromatic heterocycles. The van der Waals surface area contributed by atoms with Crippen LogP contribution in [-0.4, -0.2) is 27.6 Å². The van der Waals surface area contributed by atoms with E-state index in [-0.39, 0.29) is 5.56 Å². The van der Waals surface area contributed by atoms with Gasteiger partial charge in [-0.1, -0.05) is 6.07 Å². The summed E-state index contributed by atoms with van der Waals surface area (Å²) in [6, 6.07) is 5.00. The normalized spacial score (nSPS) is 19.9. The van der Waals surface area contributed by atoms with Gasteiger partial charge in [0.15, 0.2) is 11.5 Å². The Morgan fingerprint density at radius 3 is 3.12 bits per heavy atom. The number of oxazole rings is 1. The molecule has 0 bridgehead atoms. The van der Waals surface area contributed by atoms with Crippen LogP contribution in [-0.2, 0) is 0 Å². The van der Waals surface area contributed by atoms with E-state index in [0.717, 1.165) is 17.9 Å². The second-order valence-electron chi connectivity index (χ2n) is 4.07. The minimum absolute atomic E-state index is 0.211. The molecule has 5 heteroatoms. The Morgan fingerprint density at radius 1 is 1.53 bits per heavy atom. The fraction of sp³-hybridized carbons (Fsp3) is 0.333. The first-order chi connectivity index (χ1) is 8.25. The molecule has 88 valence electrons. The standard InChI is InChI=1S/C12H11NO3S/c14-12(15)8-2-1-3-9-10(8)13-11(16-9)7-4-5-17-6-7/h1-3,7H,4-6H2,(H,14,15). The van der Waals surface area contributed by atoms with Crippen molar-refractivity contribution >= 4 is 28.8 Å². The number of carboxylic acids is 1. The summed E-state index contributed by atoms with van der Waals surface area (Å²) in [5.74, 6) is 2.17. The summed E-state index contributed by atoms with van der Waals surface area (Å²) < 4.78 is 5.65. The Balaban J connectivity index is 2.11. The minimum Gasteiger partial charge on any atom is -0.478 e. The lowest BCUT2D eigenvalue weighted by atomic mass is 10.1. The quantitative estimate of drug-likeness (QED) is 0.886. The van der Waals surface area contributed by atoms with E-state index >= 15 is 0 Å². The SMILES string of the molecule is O=C(O)c1cccc2oc(C3CCSC3)nc12. The molecule has 2 heterocycles. The first kappa shape index (κ1) is 10.7. The van der Waals surface area contributed by atoms with Crippen LogP contribution in [0.25, 0.3) is 11.1 Å². The molecule has 0 amide bonds. The van der Waals surface area contributed by atoms with Gasteiger partial charge >= 0.3 is 5.97 Å². The van der Waals surface area contributed by atoms with Crippen molar-refractivity contribution in [1.29, 1.82) is 0 Å². The lowest BCUT2D eigenvalue weighted by molar-refractivity contribution is 0.0699. The van der Waals surface area contributed by atoms with Crippen LogP contribution in [0.5, 0.6) is 0 Å². The summed E-state index contributed by atoms with van der Waals surface area (Å²) in [6.45, 7) is 0. The Morgan fingerprint density at radius 2 is 2.41 bits per heavy atom. The molecule has 1 fully saturated rings. The largest absolute Gasteiger partial charge is 0.478 e. The number of aromatic carboxylic acids is 1. The van der Waals surface area contributed by atoms with Gasteiger partial charge in [-0.2, -0.15) is 11.8 Å². The maximum Gasteiger partial charge on any atom is 0.338 e. The third kappa shape index (κ3) is 1.80. The van der Waals surface area contributed by atoms with Crippen LogP contribution in [0.2, 0.25) is 0 Å². The molecule has 0 aliphatic carbocycles. The topological polar surface area (TPSA) is 63.3 Å². The van der Waals surface area contributed by atoms with Crippen molar-refractivity contribution in [2.75, 3.05) is 11.5 Å². The summed E-state index contributed by atoms with van der Waals surface area (Å²) in [7, 11) is 0. The predicted molar refractivity (Wildman–Crippen MR) is 65.7 cm³/mol. The van der Waals surface area contributed by atoms with Gasteiger partial charge in [-0.05, 0) is 24.3 Å². The molecular formula is C12H11NO3S. The van der Waals surface area contributed by atoms with Gasteiger partial charge in [0.1, 0.15) is 5.52 Å². The van der Waals surface area contributed by atoms with E-state index in [1.165, 1.54) is 0 Å². The zero-order valence-corrected chi connectivity index (χ0v) is 9.87. The van der Waals surface area contributed by atoms with E-state index in [9.17, 15) is 4.79 Å². The molecule has 1 aromatic carbocycles. The van der Waals surface area contributed by atoms with Crippen LogP contribution in [0.1, 0.15) is 28.6 Å². The van der Waals surface area contributed by atoms with E-state index in [4.69, 9.17) is 9.52 Å². The van der Waals surface area contributed by atoms with Crippen molar-refractivity contribution in [3.63, 3.8) is 0 Å². The molecule has 1 N–H and O–H groups in total. The molecule has 1 atom stereocenters. The maximum atomic E-state index is 11.1. The summed E-state index contributed by atoms with van der Waals surface area (Å²) in [4.78, 5) is 15.4. The first-order valence-electron chi connectivity index (χ1n) is 5.46. The number of aromatic nitrogens is 1. The average molecular weight is 249 g/mol. The van der Waals surface area contributed by atoms with Crippen LogP contribution in [0, 0.1) is 0 Å². The highest BCUT2D eigenvalue weighted by molar-refractivity contribution is 7.99. The van der Waals surface area contributed by atoms with Crippen LogP contribution < -0.4 is 0 Å². The van der Waals surface area contributed by atoms with Crippen LogP contribution >= 0.6 is 11.8 Å². The molecule has 3 rings (SSSR count). The summed E-state index contributed by atoms with van der Waals surface area (Å²) in [6.07, 6.45) is 1.06. The van der Waals surface area contributed by atoms with Gasteiger partial charge in [0.25, 0.3) is 0 Å². The number of hydrogen-bond donors (Lipinski definition) is 1. The van der Waals surface area contributed by atoms with E-state index in [1.54, 1.807) is 18.2 Å². The first-order valence-corrected chi connectivity index (χ1v) is 6.61. The number of para-hydroxylation sites is 1. The minimum atomic E-state index is -0.962. The molecule has 1 aliphatic heterocycles. The maximum absolute atomic E-state index is 11.1. The molecule has 17 heavy (non-hydrogen) atoms. The smallest absolute Gasteiger partial charge is 0.338 e. The van der Waals surface area contributed by atoms with Gasteiger partial charge in [-0.25, -0.2) is 9.78 Å². The van der Waals surface area contributed by atoms with E-state index in [0.29, 0.717) is 22.9 Å². The van der Waals surface area contributed by atoms with Gasteiger partial charge in [0, 0.05) is 11.7 Å². The summed E-state index contributed by atoms with van der Waals surface area (Å²) in [5.41, 5.74) is 1.24. The lowest BCUT2D eigenvalue weighted by Crippen LogP contribution is -1.98. The average Bonchev–Trinajstić information content (AvgIpc) is 2.96. The highest BCUT2D eigenvalue weighted by atomic mass is 32.2. The van der Waals surface area contributed by atoms with Crippen molar-refractivity contribution < 1.29 is 14.3 Å². The monoisotopic (exact) mass is 249 g/mol. The summed E-state index contributed by atoms with van der Waals surface area (Å²) in [5, 5.41) is 9.07. The number of rotatable bonds is 2. The van der Waals surface area contributed by atoms with E-state index in [1.807, 2.05) is 11.8 Å². The third-order valence-corrected chi connectivity index (χ3v) is 4.11. The number of nitrogens with zero attached hydrogens (tertiary/aromatic N) is 1. The Kier molecular flexibility index (Phi) is 2.55. The molecular weight excluding hydrogens is 238 g/mol. The molecule has 4 nitrogen and oxygen atoms in total. The van der Waals surface area contributed by atoms with Crippen molar-refractivity contribution in [3.8, 4) is 0 Å².